The van der Waals surface area contributed by atoms with Crippen molar-refractivity contribution >= 4 is 79.7 Å². The Labute approximate surface area is 185 Å². The number of anilines is 1. The van der Waals surface area contributed by atoms with E-state index in [0.717, 1.165) is 0 Å². The Morgan fingerprint density at radius 1 is 1.11 bits per heavy atom. The van der Waals surface area contributed by atoms with Crippen molar-refractivity contribution in [2.45, 2.75) is 9.96 Å². The minimum Gasteiger partial charge on any atom is -0.495 e. The minimum absolute atomic E-state index is 0.142. The van der Waals surface area contributed by atoms with Crippen LogP contribution < -0.4 is 20.7 Å². The molecule has 0 heterocycles. The quantitative estimate of drug-likeness (QED) is 0.304. The summed E-state index contributed by atoms with van der Waals surface area (Å²) in [6.07, 6.45) is -1.09. The van der Waals surface area contributed by atoms with Crippen LogP contribution >= 0.6 is 63.0 Å². The summed E-state index contributed by atoms with van der Waals surface area (Å²) < 4.78 is 4.00. The van der Waals surface area contributed by atoms with E-state index in [4.69, 9.17) is 51.8 Å². The van der Waals surface area contributed by atoms with Crippen LogP contribution in [0.2, 0.25) is 0 Å². The number of rotatable bonds is 5. The van der Waals surface area contributed by atoms with Gasteiger partial charge in [-0.3, -0.25) is 4.79 Å². The van der Waals surface area contributed by atoms with Crippen LogP contribution in [0.5, 0.6) is 5.75 Å². The highest BCUT2D eigenvalue weighted by molar-refractivity contribution is 9.10. The topological polar surface area (TPSA) is 62.4 Å². The Morgan fingerprint density at radius 3 is 2.37 bits per heavy atom. The second-order valence-corrected chi connectivity index (χ2v) is 8.86. The van der Waals surface area contributed by atoms with E-state index < -0.39 is 15.9 Å². The molecule has 0 bridgehead atoms. The molecule has 0 radical (unpaired) electrons. The Hall–Kier alpha value is -1.25. The molecule has 0 aliphatic heterocycles. The van der Waals surface area contributed by atoms with Crippen LogP contribution in [0.4, 0.5) is 5.69 Å². The molecule has 0 aliphatic carbocycles. The predicted molar refractivity (Wildman–Crippen MR) is 118 cm³/mol. The normalized spacial score (nSPS) is 12.0. The van der Waals surface area contributed by atoms with Gasteiger partial charge in [-0.15, -0.1) is 0 Å². The Bertz CT molecular complexity index is 833. The fraction of sp³-hybridized carbons (Fsp3) is 0.176. The van der Waals surface area contributed by atoms with Crippen molar-refractivity contribution < 1.29 is 9.53 Å². The molecule has 5 nitrogen and oxygen atoms in total. The summed E-state index contributed by atoms with van der Waals surface area (Å²) in [4.78, 5) is 12.5. The first kappa shape index (κ1) is 22.0. The molecule has 2 aromatic rings. The molecule has 0 fully saturated rings. The van der Waals surface area contributed by atoms with Gasteiger partial charge in [0.15, 0.2) is 5.11 Å². The molecule has 0 aliphatic rings. The van der Waals surface area contributed by atoms with Crippen molar-refractivity contribution in [3.63, 3.8) is 0 Å². The maximum absolute atomic E-state index is 12.5. The maximum Gasteiger partial charge on any atom is 0.254 e. The number of benzene rings is 2. The lowest BCUT2D eigenvalue weighted by Gasteiger charge is -2.28. The first-order valence-corrected chi connectivity index (χ1v) is 9.88. The third-order valence-corrected chi connectivity index (χ3v) is 4.92. The molecule has 0 saturated heterocycles. The summed E-state index contributed by atoms with van der Waals surface area (Å²) >= 11 is 26.6. The SMILES string of the molecule is COc1ccccc1NC(=S)NC(NC(=O)c1ccccc1Br)C(Cl)(Cl)Cl. The van der Waals surface area contributed by atoms with Crippen LogP contribution in [0.1, 0.15) is 10.4 Å². The van der Waals surface area contributed by atoms with E-state index in [1.54, 1.807) is 43.5 Å². The molecule has 0 spiro atoms. The van der Waals surface area contributed by atoms with E-state index >= 15 is 0 Å². The smallest absolute Gasteiger partial charge is 0.254 e. The van der Waals surface area contributed by atoms with Crippen LogP contribution in [0, 0.1) is 0 Å². The molecule has 2 rings (SSSR count). The average Bonchev–Trinajstić information content (AvgIpc) is 2.61. The lowest BCUT2D eigenvalue weighted by atomic mass is 10.2. The van der Waals surface area contributed by atoms with Crippen LogP contribution in [0.15, 0.2) is 53.0 Å². The molecule has 10 heteroatoms. The number of carbonyl (C=O) groups excluding carboxylic acids is 1. The molecular weight excluding hydrogens is 497 g/mol. The van der Waals surface area contributed by atoms with Crippen LogP contribution in [0.3, 0.4) is 0 Å². The largest absolute Gasteiger partial charge is 0.495 e. The third-order valence-electron chi connectivity index (χ3n) is 3.35. The molecule has 0 saturated carbocycles. The predicted octanol–water partition coefficient (Wildman–Crippen LogP) is 4.87. The first-order valence-electron chi connectivity index (χ1n) is 7.55. The lowest BCUT2D eigenvalue weighted by molar-refractivity contribution is 0.0933. The lowest BCUT2D eigenvalue weighted by Crippen LogP contribution is -2.56. The van der Waals surface area contributed by atoms with E-state index in [9.17, 15) is 4.79 Å². The highest BCUT2D eigenvalue weighted by Crippen LogP contribution is 2.30. The summed E-state index contributed by atoms with van der Waals surface area (Å²) in [5.74, 6) is 0.149. The van der Waals surface area contributed by atoms with Gasteiger partial charge in [0.2, 0.25) is 3.79 Å². The molecule has 0 aromatic heterocycles. The number of hydrogen-bond acceptors (Lipinski definition) is 3. The van der Waals surface area contributed by atoms with Gasteiger partial charge in [0.05, 0.1) is 18.4 Å². The van der Waals surface area contributed by atoms with E-state index in [0.29, 0.717) is 21.5 Å². The summed E-state index contributed by atoms with van der Waals surface area (Å²) in [6.45, 7) is 0. The Kier molecular flexibility index (Phi) is 8.00. The van der Waals surface area contributed by atoms with Crippen LogP contribution in [-0.2, 0) is 0 Å². The van der Waals surface area contributed by atoms with Gasteiger partial charge in [-0.05, 0) is 52.4 Å². The standard InChI is InChI=1S/C17H15BrCl3N3O2S/c1-26-13-9-5-4-8-12(13)22-16(27)24-15(17(19,20)21)23-14(25)10-6-2-3-7-11(10)18/h2-9,15H,1H3,(H,23,25)(H2,22,24,27). The monoisotopic (exact) mass is 509 g/mol. The zero-order valence-corrected chi connectivity index (χ0v) is 18.6. The van der Waals surface area contributed by atoms with Gasteiger partial charge in [-0.2, -0.15) is 0 Å². The number of carbonyl (C=O) groups is 1. The maximum atomic E-state index is 12.5. The van der Waals surface area contributed by atoms with E-state index in [2.05, 4.69) is 31.9 Å². The zero-order valence-electron chi connectivity index (χ0n) is 13.9. The fourth-order valence-corrected chi connectivity index (χ4v) is 3.11. The summed E-state index contributed by atoms with van der Waals surface area (Å²) in [7, 11) is 1.54. The van der Waals surface area contributed by atoms with E-state index in [-0.39, 0.29) is 5.11 Å². The summed E-state index contributed by atoms with van der Waals surface area (Å²) in [5.41, 5.74) is 1.01. The third kappa shape index (κ3) is 6.40. The van der Waals surface area contributed by atoms with Crippen molar-refractivity contribution in [1.29, 1.82) is 0 Å². The van der Waals surface area contributed by atoms with E-state index in [1.807, 2.05) is 12.1 Å². The molecule has 1 atom stereocenters. The van der Waals surface area contributed by atoms with Gasteiger partial charge < -0.3 is 20.7 Å². The molecule has 1 amide bonds. The summed E-state index contributed by atoms with van der Waals surface area (Å²) in [6, 6.07) is 14.1. The minimum atomic E-state index is -1.86. The Balaban J connectivity index is 2.12. The second kappa shape index (κ2) is 9.80. The highest BCUT2D eigenvalue weighted by Gasteiger charge is 2.35. The van der Waals surface area contributed by atoms with Crippen molar-refractivity contribution in [2.24, 2.45) is 0 Å². The number of amides is 1. The van der Waals surface area contributed by atoms with Gasteiger partial charge >= 0.3 is 0 Å². The van der Waals surface area contributed by atoms with Crippen molar-refractivity contribution in [3.05, 3.63) is 58.6 Å². The van der Waals surface area contributed by atoms with Gasteiger partial charge in [-0.25, -0.2) is 0 Å². The van der Waals surface area contributed by atoms with Crippen molar-refractivity contribution in [1.82, 2.24) is 10.6 Å². The van der Waals surface area contributed by atoms with Gasteiger partial charge in [0, 0.05) is 4.47 Å². The van der Waals surface area contributed by atoms with Gasteiger partial charge in [-0.1, -0.05) is 59.1 Å². The van der Waals surface area contributed by atoms with E-state index in [1.165, 1.54) is 0 Å². The second-order valence-electron chi connectivity index (χ2n) is 5.23. The number of alkyl halides is 3. The number of ether oxygens (including phenoxy) is 1. The first-order chi connectivity index (χ1) is 12.7. The number of thiocarbonyl (C=S) groups is 1. The van der Waals surface area contributed by atoms with Gasteiger partial charge in [0.25, 0.3) is 5.91 Å². The number of nitrogens with one attached hydrogen (secondary N) is 3. The Morgan fingerprint density at radius 2 is 1.74 bits per heavy atom. The van der Waals surface area contributed by atoms with Gasteiger partial charge in [0.1, 0.15) is 11.9 Å². The van der Waals surface area contributed by atoms with Crippen LogP contribution in [-0.4, -0.2) is 28.1 Å². The number of halogens is 4. The number of hydrogen-bond donors (Lipinski definition) is 3. The highest BCUT2D eigenvalue weighted by atomic mass is 79.9. The number of para-hydroxylation sites is 2. The van der Waals surface area contributed by atoms with Crippen LogP contribution in [0.25, 0.3) is 0 Å². The molecule has 27 heavy (non-hydrogen) atoms. The molecule has 1 unspecified atom stereocenters. The number of methoxy groups -OCH3 is 1. The summed E-state index contributed by atoms with van der Waals surface area (Å²) in [5, 5.41) is 8.51. The zero-order chi connectivity index (χ0) is 20.0. The van der Waals surface area contributed by atoms with Crippen molar-refractivity contribution in [3.8, 4) is 5.75 Å². The fourth-order valence-electron chi connectivity index (χ4n) is 2.09. The molecular formula is C17H15BrCl3N3O2S. The average molecular weight is 512 g/mol. The molecule has 3 N–H and O–H groups in total. The molecule has 144 valence electrons. The molecule has 2 aromatic carbocycles. The van der Waals surface area contributed by atoms with Crippen molar-refractivity contribution in [2.75, 3.05) is 12.4 Å².